The molecule has 0 fully saturated rings. The first-order valence-corrected chi connectivity index (χ1v) is 5.51. The van der Waals surface area contributed by atoms with Gasteiger partial charge in [0.25, 0.3) is 0 Å². The van der Waals surface area contributed by atoms with E-state index in [1.54, 1.807) is 0 Å². The molecule has 15 heavy (non-hydrogen) atoms. The molecule has 0 aliphatic carbocycles. The molecule has 1 aromatic heterocycles. The van der Waals surface area contributed by atoms with Crippen LogP contribution in [0, 0.1) is 0 Å². The van der Waals surface area contributed by atoms with E-state index in [0.717, 1.165) is 11.9 Å². The molecule has 0 aliphatic heterocycles. The van der Waals surface area contributed by atoms with Crippen LogP contribution in [0.1, 0.15) is 12.0 Å². The molecule has 2 aromatic rings. The van der Waals surface area contributed by atoms with Crippen LogP contribution in [-0.2, 0) is 0 Å². The molecule has 0 N–H and O–H groups in total. The number of nitrogens with zero attached hydrogens (tertiary/aromatic N) is 1. The third-order valence-corrected chi connectivity index (χ3v) is 2.43. The Morgan fingerprint density at radius 2 is 2.20 bits per heavy atom. The molecule has 0 bridgehead atoms. The van der Waals surface area contributed by atoms with Gasteiger partial charge >= 0.3 is 0 Å². The molecular weight excluding hydrogens is 206 g/mol. The monoisotopic (exact) mass is 217 g/mol. The summed E-state index contributed by atoms with van der Waals surface area (Å²) >= 11 is 5.60. The molecule has 1 aromatic carbocycles. The largest absolute Gasteiger partial charge is 0.256 e. The highest BCUT2D eigenvalue weighted by atomic mass is 35.5. The highest BCUT2D eigenvalue weighted by Gasteiger charge is 1.93. The van der Waals surface area contributed by atoms with Gasteiger partial charge in [-0.3, -0.25) is 4.98 Å². The molecule has 0 spiro atoms. The normalized spacial score (nSPS) is 11.3. The van der Waals surface area contributed by atoms with Gasteiger partial charge in [-0.15, -0.1) is 11.6 Å². The van der Waals surface area contributed by atoms with Gasteiger partial charge in [-0.2, -0.15) is 0 Å². The summed E-state index contributed by atoms with van der Waals surface area (Å²) in [5.41, 5.74) is 2.21. The van der Waals surface area contributed by atoms with E-state index in [2.05, 4.69) is 41.4 Å². The zero-order valence-electron chi connectivity index (χ0n) is 8.36. The maximum Gasteiger partial charge on any atom is 0.0707 e. The van der Waals surface area contributed by atoms with E-state index in [-0.39, 0.29) is 0 Å². The van der Waals surface area contributed by atoms with Crippen LogP contribution in [0.25, 0.3) is 17.0 Å². The van der Waals surface area contributed by atoms with E-state index in [4.69, 9.17) is 11.6 Å². The topological polar surface area (TPSA) is 12.9 Å². The number of alkyl halides is 1. The lowest BCUT2D eigenvalue weighted by atomic mass is 10.1. The van der Waals surface area contributed by atoms with Crippen molar-refractivity contribution in [2.75, 3.05) is 5.88 Å². The molecular formula is C13H12ClN. The summed E-state index contributed by atoms with van der Waals surface area (Å²) in [6.07, 6.45) is 6.88. The van der Waals surface area contributed by atoms with Gasteiger partial charge in [-0.25, -0.2) is 0 Å². The van der Waals surface area contributed by atoms with E-state index in [0.29, 0.717) is 5.88 Å². The van der Waals surface area contributed by atoms with Crippen molar-refractivity contribution in [2.24, 2.45) is 0 Å². The van der Waals surface area contributed by atoms with E-state index in [9.17, 15) is 0 Å². The zero-order chi connectivity index (χ0) is 10.5. The summed E-state index contributed by atoms with van der Waals surface area (Å²) < 4.78 is 0. The van der Waals surface area contributed by atoms with Crippen molar-refractivity contribution in [2.45, 2.75) is 6.42 Å². The van der Waals surface area contributed by atoms with Crippen LogP contribution < -0.4 is 0 Å². The van der Waals surface area contributed by atoms with E-state index in [1.165, 1.54) is 10.9 Å². The van der Waals surface area contributed by atoms with E-state index in [1.807, 2.05) is 12.3 Å². The van der Waals surface area contributed by atoms with Crippen LogP contribution in [0.2, 0.25) is 0 Å². The summed E-state index contributed by atoms with van der Waals surface area (Å²) in [6, 6.07) is 10.3. The number of aromatic nitrogens is 1. The Morgan fingerprint density at radius 3 is 3.07 bits per heavy atom. The average molecular weight is 218 g/mol. The minimum absolute atomic E-state index is 0.669. The Hall–Kier alpha value is -1.34. The van der Waals surface area contributed by atoms with Crippen LogP contribution in [0.15, 0.2) is 42.6 Å². The number of allylic oxidation sites excluding steroid dienone is 1. The Labute approximate surface area is 94.4 Å². The third-order valence-electron chi connectivity index (χ3n) is 2.22. The summed E-state index contributed by atoms with van der Waals surface area (Å²) in [5.74, 6) is 0.669. The molecule has 0 saturated carbocycles. The first-order chi connectivity index (χ1) is 7.40. The SMILES string of the molecule is ClCC/C=C/c1ccc2cccnc2c1. The standard InChI is InChI=1S/C13H12ClN/c14-8-2-1-4-11-6-7-12-5-3-9-15-13(12)10-11/h1,3-7,9-10H,2,8H2/b4-1+. The molecule has 0 radical (unpaired) electrons. The zero-order valence-corrected chi connectivity index (χ0v) is 9.11. The fourth-order valence-corrected chi connectivity index (χ4v) is 1.60. The average Bonchev–Trinajstić information content (AvgIpc) is 2.29. The first kappa shape index (κ1) is 10.2. The van der Waals surface area contributed by atoms with Gasteiger partial charge in [0.05, 0.1) is 5.52 Å². The number of fused-ring (bicyclic) bond motifs is 1. The predicted molar refractivity (Wildman–Crippen MR) is 66.1 cm³/mol. The number of benzene rings is 1. The van der Waals surface area contributed by atoms with Gasteiger partial charge in [0.15, 0.2) is 0 Å². The lowest BCUT2D eigenvalue weighted by molar-refractivity contribution is 1.24. The Kier molecular flexibility index (Phi) is 3.36. The number of pyridine rings is 1. The van der Waals surface area contributed by atoms with Crippen LogP contribution in [0.4, 0.5) is 0 Å². The van der Waals surface area contributed by atoms with Crippen molar-refractivity contribution in [3.63, 3.8) is 0 Å². The van der Waals surface area contributed by atoms with Gasteiger partial charge in [-0.05, 0) is 24.1 Å². The Morgan fingerprint density at radius 1 is 1.27 bits per heavy atom. The molecule has 0 atom stereocenters. The highest BCUT2D eigenvalue weighted by molar-refractivity contribution is 6.17. The summed E-state index contributed by atoms with van der Waals surface area (Å²) in [5, 5.41) is 1.17. The fraction of sp³-hybridized carbons (Fsp3) is 0.154. The van der Waals surface area contributed by atoms with Crippen LogP contribution in [-0.4, -0.2) is 10.9 Å². The molecule has 76 valence electrons. The lowest BCUT2D eigenvalue weighted by Crippen LogP contribution is -1.79. The summed E-state index contributed by atoms with van der Waals surface area (Å²) in [4.78, 5) is 4.31. The van der Waals surface area contributed by atoms with Crippen molar-refractivity contribution >= 4 is 28.6 Å². The number of hydrogen-bond acceptors (Lipinski definition) is 1. The highest BCUT2D eigenvalue weighted by Crippen LogP contribution is 2.14. The van der Waals surface area contributed by atoms with Crippen molar-refractivity contribution in [3.8, 4) is 0 Å². The van der Waals surface area contributed by atoms with Crippen molar-refractivity contribution in [1.82, 2.24) is 4.98 Å². The fourth-order valence-electron chi connectivity index (χ4n) is 1.47. The van der Waals surface area contributed by atoms with Crippen LogP contribution in [0.3, 0.4) is 0 Å². The second kappa shape index (κ2) is 4.94. The summed E-state index contributed by atoms with van der Waals surface area (Å²) in [7, 11) is 0. The maximum atomic E-state index is 5.60. The van der Waals surface area contributed by atoms with Crippen molar-refractivity contribution < 1.29 is 0 Å². The van der Waals surface area contributed by atoms with Crippen LogP contribution >= 0.6 is 11.6 Å². The molecule has 1 heterocycles. The maximum absolute atomic E-state index is 5.60. The Bertz CT molecular complexity index is 477. The number of rotatable bonds is 3. The van der Waals surface area contributed by atoms with Gasteiger partial charge in [0, 0.05) is 17.5 Å². The predicted octanol–water partition coefficient (Wildman–Crippen LogP) is 3.88. The van der Waals surface area contributed by atoms with Crippen LogP contribution in [0.5, 0.6) is 0 Å². The third kappa shape index (κ3) is 2.57. The van der Waals surface area contributed by atoms with Gasteiger partial charge in [0.1, 0.15) is 0 Å². The quantitative estimate of drug-likeness (QED) is 0.712. The minimum atomic E-state index is 0.669. The molecule has 2 rings (SSSR count). The van der Waals surface area contributed by atoms with Crippen molar-refractivity contribution in [3.05, 3.63) is 48.2 Å². The molecule has 0 amide bonds. The Balaban J connectivity index is 2.30. The molecule has 0 saturated heterocycles. The smallest absolute Gasteiger partial charge is 0.0707 e. The lowest BCUT2D eigenvalue weighted by Gasteiger charge is -1.97. The molecule has 2 heteroatoms. The van der Waals surface area contributed by atoms with Gasteiger partial charge < -0.3 is 0 Å². The molecule has 1 nitrogen and oxygen atoms in total. The van der Waals surface area contributed by atoms with Gasteiger partial charge in [0.2, 0.25) is 0 Å². The van der Waals surface area contributed by atoms with Crippen molar-refractivity contribution in [1.29, 1.82) is 0 Å². The summed E-state index contributed by atoms with van der Waals surface area (Å²) in [6.45, 7) is 0. The minimum Gasteiger partial charge on any atom is -0.256 e. The number of halogens is 1. The van der Waals surface area contributed by atoms with E-state index >= 15 is 0 Å². The first-order valence-electron chi connectivity index (χ1n) is 4.97. The van der Waals surface area contributed by atoms with E-state index < -0.39 is 0 Å². The molecule has 0 unspecified atom stereocenters. The second-order valence-corrected chi connectivity index (χ2v) is 3.71. The molecule has 0 aliphatic rings. The second-order valence-electron chi connectivity index (χ2n) is 3.34. The number of hydrogen-bond donors (Lipinski definition) is 0. The van der Waals surface area contributed by atoms with Gasteiger partial charge in [-0.1, -0.05) is 30.4 Å².